The molecular weight excluding hydrogens is 226 g/mol. The fourth-order valence-electron chi connectivity index (χ4n) is 3.02. The number of carbonyl (C=O) groups is 1. The third kappa shape index (κ3) is 2.25. The van der Waals surface area contributed by atoms with Crippen molar-refractivity contribution < 1.29 is 4.79 Å². The smallest absolute Gasteiger partial charge is 0.270 e. The summed E-state index contributed by atoms with van der Waals surface area (Å²) in [7, 11) is 0. The zero-order valence-electron chi connectivity index (χ0n) is 10.5. The molecule has 1 unspecified atom stereocenters. The molecule has 2 fully saturated rings. The van der Waals surface area contributed by atoms with Gasteiger partial charge in [-0.25, -0.2) is 0 Å². The summed E-state index contributed by atoms with van der Waals surface area (Å²) in [5, 5.41) is 6.73. The van der Waals surface area contributed by atoms with E-state index in [0.717, 1.165) is 19.4 Å². The van der Waals surface area contributed by atoms with E-state index in [1.807, 2.05) is 12.1 Å². The van der Waals surface area contributed by atoms with Gasteiger partial charge in [0.25, 0.3) is 5.91 Å². The van der Waals surface area contributed by atoms with E-state index < -0.39 is 0 Å². The highest BCUT2D eigenvalue weighted by molar-refractivity contribution is 5.92. The molecular formula is C14H19N3O. The summed E-state index contributed by atoms with van der Waals surface area (Å²) in [6.07, 6.45) is 7.55. The van der Waals surface area contributed by atoms with Gasteiger partial charge in [0.05, 0.1) is 0 Å². The Balaban J connectivity index is 1.61. The number of piperidine rings is 1. The van der Waals surface area contributed by atoms with Crippen LogP contribution >= 0.6 is 0 Å². The van der Waals surface area contributed by atoms with Crippen LogP contribution in [0.2, 0.25) is 0 Å². The average molecular weight is 245 g/mol. The van der Waals surface area contributed by atoms with E-state index in [2.05, 4.69) is 15.6 Å². The Kier molecular flexibility index (Phi) is 3.04. The summed E-state index contributed by atoms with van der Waals surface area (Å²) >= 11 is 0. The third-order valence-corrected chi connectivity index (χ3v) is 4.17. The highest BCUT2D eigenvalue weighted by Gasteiger charge is 2.41. The molecule has 4 nitrogen and oxygen atoms in total. The van der Waals surface area contributed by atoms with Crippen LogP contribution in [0.5, 0.6) is 0 Å². The zero-order valence-corrected chi connectivity index (χ0v) is 10.5. The molecule has 3 rings (SSSR count). The number of hydrogen-bond donors (Lipinski definition) is 2. The van der Waals surface area contributed by atoms with Crippen LogP contribution < -0.4 is 10.6 Å². The van der Waals surface area contributed by atoms with Crippen molar-refractivity contribution in [3.05, 3.63) is 30.1 Å². The standard InChI is InChI=1S/C14H19N3O/c18-13(12-4-1-2-8-15-12)17-11-5-9-16-14(10-11)6-3-7-14/h1-2,4,8,11,16H,3,5-7,9-10H2,(H,17,18). The maximum absolute atomic E-state index is 12.0. The number of nitrogens with one attached hydrogen (secondary N) is 2. The van der Waals surface area contributed by atoms with E-state index >= 15 is 0 Å². The molecule has 1 aliphatic carbocycles. The van der Waals surface area contributed by atoms with Crippen molar-refractivity contribution in [2.45, 2.75) is 43.7 Å². The first-order valence-corrected chi connectivity index (χ1v) is 6.74. The van der Waals surface area contributed by atoms with Crippen molar-refractivity contribution in [2.24, 2.45) is 0 Å². The minimum Gasteiger partial charge on any atom is -0.348 e. The van der Waals surface area contributed by atoms with Gasteiger partial charge in [-0.15, -0.1) is 0 Å². The van der Waals surface area contributed by atoms with Gasteiger partial charge in [0.15, 0.2) is 0 Å². The number of rotatable bonds is 2. The highest BCUT2D eigenvalue weighted by Crippen LogP contribution is 2.38. The summed E-state index contributed by atoms with van der Waals surface area (Å²) in [5.74, 6) is -0.0445. The van der Waals surface area contributed by atoms with E-state index in [0.29, 0.717) is 17.3 Å². The monoisotopic (exact) mass is 245 g/mol. The molecule has 0 radical (unpaired) electrons. The van der Waals surface area contributed by atoms with Gasteiger partial charge in [0.1, 0.15) is 5.69 Å². The average Bonchev–Trinajstić information content (AvgIpc) is 2.38. The third-order valence-electron chi connectivity index (χ3n) is 4.17. The Morgan fingerprint density at radius 3 is 3.00 bits per heavy atom. The van der Waals surface area contributed by atoms with Gasteiger partial charge in [-0.1, -0.05) is 6.07 Å². The van der Waals surface area contributed by atoms with Crippen molar-refractivity contribution in [1.82, 2.24) is 15.6 Å². The molecule has 18 heavy (non-hydrogen) atoms. The minimum atomic E-state index is -0.0445. The van der Waals surface area contributed by atoms with Gasteiger partial charge in [-0.05, 0) is 50.8 Å². The quantitative estimate of drug-likeness (QED) is 0.830. The number of pyridine rings is 1. The van der Waals surface area contributed by atoms with E-state index in [9.17, 15) is 4.79 Å². The molecule has 1 saturated carbocycles. The van der Waals surface area contributed by atoms with Crippen molar-refractivity contribution >= 4 is 5.91 Å². The SMILES string of the molecule is O=C(NC1CCNC2(CCC2)C1)c1ccccn1. The predicted octanol–water partition coefficient (Wildman–Crippen LogP) is 1.49. The van der Waals surface area contributed by atoms with Crippen LogP contribution in [0.25, 0.3) is 0 Å². The van der Waals surface area contributed by atoms with Crippen LogP contribution in [-0.4, -0.2) is 29.0 Å². The van der Waals surface area contributed by atoms with E-state index in [-0.39, 0.29) is 5.91 Å². The van der Waals surface area contributed by atoms with E-state index in [1.165, 1.54) is 19.3 Å². The number of amides is 1. The van der Waals surface area contributed by atoms with Gasteiger partial charge < -0.3 is 10.6 Å². The first-order chi connectivity index (χ1) is 8.77. The lowest BCUT2D eigenvalue weighted by molar-refractivity contribution is 0.0848. The van der Waals surface area contributed by atoms with Gasteiger partial charge in [0, 0.05) is 17.8 Å². The molecule has 1 saturated heterocycles. The Morgan fingerprint density at radius 2 is 2.33 bits per heavy atom. The minimum absolute atomic E-state index is 0.0445. The van der Waals surface area contributed by atoms with Crippen LogP contribution in [-0.2, 0) is 0 Å². The van der Waals surface area contributed by atoms with E-state index in [1.54, 1.807) is 12.3 Å². The lowest BCUT2D eigenvalue weighted by Crippen LogP contribution is -2.59. The molecule has 1 spiro atoms. The Hall–Kier alpha value is -1.42. The van der Waals surface area contributed by atoms with Crippen LogP contribution in [0, 0.1) is 0 Å². The highest BCUT2D eigenvalue weighted by atomic mass is 16.1. The molecule has 4 heteroatoms. The fraction of sp³-hybridized carbons (Fsp3) is 0.571. The molecule has 2 N–H and O–H groups in total. The van der Waals surface area contributed by atoms with Crippen molar-refractivity contribution in [3.8, 4) is 0 Å². The largest absolute Gasteiger partial charge is 0.348 e. The number of carbonyl (C=O) groups excluding carboxylic acids is 1. The van der Waals surface area contributed by atoms with E-state index in [4.69, 9.17) is 0 Å². The normalized spacial score (nSPS) is 25.4. The second kappa shape index (κ2) is 4.69. The summed E-state index contributed by atoms with van der Waals surface area (Å²) in [5.41, 5.74) is 0.832. The molecule has 1 amide bonds. The molecule has 2 aliphatic rings. The van der Waals surface area contributed by atoms with Gasteiger partial charge in [-0.3, -0.25) is 9.78 Å². The number of aromatic nitrogens is 1. The van der Waals surface area contributed by atoms with Gasteiger partial charge in [0.2, 0.25) is 0 Å². The number of nitrogens with zero attached hydrogens (tertiary/aromatic N) is 1. The molecule has 1 aromatic heterocycles. The molecule has 0 aromatic carbocycles. The second-order valence-corrected chi connectivity index (χ2v) is 5.44. The van der Waals surface area contributed by atoms with Gasteiger partial charge >= 0.3 is 0 Å². The number of hydrogen-bond acceptors (Lipinski definition) is 3. The predicted molar refractivity (Wildman–Crippen MR) is 69.3 cm³/mol. The molecule has 96 valence electrons. The maximum atomic E-state index is 12.0. The summed E-state index contributed by atoms with van der Waals surface area (Å²) in [6.45, 7) is 1.01. The summed E-state index contributed by atoms with van der Waals surface area (Å²) < 4.78 is 0. The topological polar surface area (TPSA) is 54.0 Å². The maximum Gasteiger partial charge on any atom is 0.270 e. The molecule has 1 aromatic rings. The first kappa shape index (κ1) is 11.7. The second-order valence-electron chi connectivity index (χ2n) is 5.44. The summed E-state index contributed by atoms with van der Waals surface area (Å²) in [4.78, 5) is 16.1. The Labute approximate surface area is 107 Å². The Bertz CT molecular complexity index is 428. The Morgan fingerprint density at radius 1 is 1.44 bits per heavy atom. The molecule has 1 atom stereocenters. The molecule has 1 aliphatic heterocycles. The lowest BCUT2D eigenvalue weighted by Gasteiger charge is -2.48. The molecule has 2 heterocycles. The lowest BCUT2D eigenvalue weighted by atomic mass is 9.70. The van der Waals surface area contributed by atoms with Crippen molar-refractivity contribution in [3.63, 3.8) is 0 Å². The first-order valence-electron chi connectivity index (χ1n) is 6.74. The molecule has 0 bridgehead atoms. The van der Waals surface area contributed by atoms with Crippen LogP contribution in [0.15, 0.2) is 24.4 Å². The van der Waals surface area contributed by atoms with Crippen molar-refractivity contribution in [1.29, 1.82) is 0 Å². The van der Waals surface area contributed by atoms with Crippen LogP contribution in [0.4, 0.5) is 0 Å². The van der Waals surface area contributed by atoms with Crippen molar-refractivity contribution in [2.75, 3.05) is 6.54 Å². The summed E-state index contributed by atoms with van der Waals surface area (Å²) in [6, 6.07) is 5.72. The fourth-order valence-corrected chi connectivity index (χ4v) is 3.02. The zero-order chi connectivity index (χ0) is 12.4. The van der Waals surface area contributed by atoms with Crippen LogP contribution in [0.1, 0.15) is 42.6 Å². The van der Waals surface area contributed by atoms with Gasteiger partial charge in [-0.2, -0.15) is 0 Å². The van der Waals surface area contributed by atoms with Crippen LogP contribution in [0.3, 0.4) is 0 Å².